The fourth-order valence-corrected chi connectivity index (χ4v) is 10.5. The third-order valence-electron chi connectivity index (χ3n) is 15.6. The first-order chi connectivity index (χ1) is 43.1. The summed E-state index contributed by atoms with van der Waals surface area (Å²) in [6.45, 7) is 9.71. The Kier molecular flexibility index (Phi) is 21.4. The number of pyridine rings is 1. The van der Waals surface area contributed by atoms with Crippen LogP contribution in [-0.4, -0.2) is 161 Å². The fourth-order valence-electron chi connectivity index (χ4n) is 10.5. The summed E-state index contributed by atoms with van der Waals surface area (Å²) in [4.78, 5) is 109. The molecule has 2 saturated carbocycles. The Morgan fingerprint density at radius 3 is 2.27 bits per heavy atom. The van der Waals surface area contributed by atoms with Crippen molar-refractivity contribution in [3.63, 3.8) is 0 Å². The largest absolute Gasteiger partial charge is 0.484 e. The normalized spacial score (nSPS) is 15.0. The molecule has 2 aliphatic carbocycles. The van der Waals surface area contributed by atoms with Gasteiger partial charge in [-0.15, -0.1) is 5.10 Å². The van der Waals surface area contributed by atoms with Crippen molar-refractivity contribution in [2.75, 3.05) is 44.8 Å². The SMILES string of the molecule is Cc1n[nH]c(C)c1-c1ccc(NC(=O)[C@@H](NC(=O)c2ccnn2CCCNC(=O)Cn2cc(COCC(=O)N3CC(OCC(NC(=O)COc4cccc(Oc5ccc(C(=O)N[C@@H](CCC(C)(C)C)C(=O)O)cn5)c4)C(N)=O)C3)nn2)C(C2CC2)C2CC2)cc1. The average Bonchev–Trinajstić information content (AvgIpc) is 1.66. The van der Waals surface area contributed by atoms with Gasteiger partial charge in [-0.2, -0.15) is 10.2 Å². The molecule has 3 fully saturated rings. The maximum atomic E-state index is 14.1. The molecule has 28 nitrogen and oxygen atoms in total. The van der Waals surface area contributed by atoms with Gasteiger partial charge in [0, 0.05) is 67.7 Å². The number of aromatic amines is 1. The van der Waals surface area contributed by atoms with Crippen LogP contribution in [0.5, 0.6) is 17.4 Å². The third-order valence-corrected chi connectivity index (χ3v) is 15.6. The summed E-state index contributed by atoms with van der Waals surface area (Å²) in [6, 6.07) is 15.5. The van der Waals surface area contributed by atoms with Gasteiger partial charge in [-0.3, -0.25) is 43.3 Å². The van der Waals surface area contributed by atoms with Crippen LogP contribution in [0.2, 0.25) is 0 Å². The number of hydrogen-bond acceptors (Lipinski definition) is 17. The number of likely N-dealkylation sites (tertiary alicyclic amines) is 1. The van der Waals surface area contributed by atoms with E-state index >= 15 is 0 Å². The molecule has 9 rings (SSSR count). The van der Waals surface area contributed by atoms with E-state index in [9.17, 15) is 43.5 Å². The smallest absolute Gasteiger partial charge is 0.326 e. The average molecular weight is 1240 g/mol. The number of benzene rings is 2. The van der Waals surface area contributed by atoms with Crippen LogP contribution in [0.3, 0.4) is 0 Å². The van der Waals surface area contributed by atoms with Crippen molar-refractivity contribution < 1.29 is 62.4 Å². The lowest BCUT2D eigenvalue weighted by atomic mass is 9.88. The Morgan fingerprint density at radius 1 is 0.856 bits per heavy atom. The first-order valence-electron chi connectivity index (χ1n) is 30.0. The standard InChI is InChI=1S/C62H77N15O13/c1-36-54(37(2)72-71-36)38-14-17-42(18-15-38)67-60(84)56(55(39-10-11-39)40-12-13-40)70-59(83)49-21-24-66-77(49)25-7-23-64-50(78)31-76-28-43(73-74-76)32-87-35-53(80)75-29-46(30-75)88-33-48(57(63)81)68-51(79)34-89-44-8-6-9-45(26-44)90-52-19-16-41(27-65-52)58(82)69-47(61(85)86)20-22-62(3,4)5/h6,8-9,14-19,21,24,26-28,39-40,46-48,55-56H,7,10-13,20,22-23,25,29-35H2,1-5H3,(H2,63,81)(H,64,78)(H,67,84)(H,68,79)(H,69,82)(H,70,83)(H,71,72)(H,85,86)/t47-,48?,56-/m0/s1. The Bertz CT molecular complexity index is 3480. The zero-order chi connectivity index (χ0) is 64.1. The molecular weight excluding hydrogens is 1160 g/mol. The van der Waals surface area contributed by atoms with Crippen molar-refractivity contribution in [2.45, 2.75) is 123 Å². The van der Waals surface area contributed by atoms with Gasteiger partial charge in [-0.25, -0.2) is 14.5 Å². The Hall–Kier alpha value is -9.57. The maximum absolute atomic E-state index is 14.1. The summed E-state index contributed by atoms with van der Waals surface area (Å²) >= 11 is 0. The third kappa shape index (κ3) is 18.5. The Labute approximate surface area is 519 Å². The highest BCUT2D eigenvalue weighted by Gasteiger charge is 2.48. The molecule has 1 unspecified atom stereocenters. The van der Waals surface area contributed by atoms with Crippen molar-refractivity contribution in [1.82, 2.24) is 66.1 Å². The van der Waals surface area contributed by atoms with Crippen molar-refractivity contribution >= 4 is 53.0 Å². The molecule has 3 aliphatic rings. The summed E-state index contributed by atoms with van der Waals surface area (Å²) in [7, 11) is 0. The van der Waals surface area contributed by atoms with Gasteiger partial charge in [0.2, 0.25) is 29.5 Å². The van der Waals surface area contributed by atoms with Crippen molar-refractivity contribution in [1.29, 1.82) is 0 Å². The van der Waals surface area contributed by atoms with E-state index < -0.39 is 60.4 Å². The molecule has 5 heterocycles. The number of nitrogens with one attached hydrogen (secondary N) is 6. The van der Waals surface area contributed by atoms with Gasteiger partial charge in [0.1, 0.15) is 54.2 Å². The Morgan fingerprint density at radius 2 is 1.60 bits per heavy atom. The number of anilines is 1. The number of nitrogens with zero attached hydrogens (tertiary/aromatic N) is 8. The fraction of sp³-hybridized carbons (Fsp3) is 0.468. The molecule has 28 heteroatoms. The number of carboxylic acid groups (broad SMARTS) is 1. The lowest BCUT2D eigenvalue weighted by Gasteiger charge is -2.39. The van der Waals surface area contributed by atoms with Gasteiger partial charge < -0.3 is 61.3 Å². The highest BCUT2D eigenvalue weighted by molar-refractivity contribution is 6.01. The number of H-pyrrole nitrogens is 1. The number of hydrogen-bond donors (Lipinski definition) is 8. The molecule has 1 saturated heterocycles. The van der Waals surface area contributed by atoms with Crippen molar-refractivity contribution in [3.05, 3.63) is 114 Å². The molecular formula is C62H77N15O13. The van der Waals surface area contributed by atoms with Gasteiger partial charge in [0.05, 0.1) is 36.8 Å². The van der Waals surface area contributed by atoms with Crippen LogP contribution in [0.25, 0.3) is 11.1 Å². The molecule has 478 valence electrons. The number of aromatic nitrogens is 8. The van der Waals surface area contributed by atoms with Crippen LogP contribution in [0.4, 0.5) is 5.69 Å². The van der Waals surface area contributed by atoms with E-state index in [2.05, 4.69) is 57.2 Å². The van der Waals surface area contributed by atoms with Crippen LogP contribution in [0, 0.1) is 37.0 Å². The summed E-state index contributed by atoms with van der Waals surface area (Å²) in [6.07, 6.45) is 9.33. The minimum absolute atomic E-state index is 0.0288. The lowest BCUT2D eigenvalue weighted by Crippen LogP contribution is -2.57. The second-order valence-corrected chi connectivity index (χ2v) is 24.1. The Balaban J connectivity index is 0.632. The van der Waals surface area contributed by atoms with Crippen LogP contribution in [0.1, 0.15) is 104 Å². The minimum atomic E-state index is -1.19. The molecule has 6 aromatic rings. The van der Waals surface area contributed by atoms with E-state index in [-0.39, 0.29) is 98.7 Å². The highest BCUT2D eigenvalue weighted by Crippen LogP contribution is 2.51. The van der Waals surface area contributed by atoms with Crippen LogP contribution >= 0.6 is 0 Å². The van der Waals surface area contributed by atoms with E-state index in [1.807, 2.05) is 58.9 Å². The van der Waals surface area contributed by atoms with Gasteiger partial charge in [0.15, 0.2) is 6.61 Å². The lowest BCUT2D eigenvalue weighted by molar-refractivity contribution is -0.151. The van der Waals surface area contributed by atoms with Crippen molar-refractivity contribution in [2.24, 2.45) is 28.9 Å². The quantitative estimate of drug-likeness (QED) is 0.0271. The van der Waals surface area contributed by atoms with Crippen LogP contribution in [0.15, 0.2) is 85.3 Å². The molecule has 0 radical (unpaired) electrons. The molecule has 9 N–H and O–H groups in total. The van der Waals surface area contributed by atoms with Crippen molar-refractivity contribution in [3.8, 4) is 28.5 Å². The molecule has 4 aromatic heterocycles. The van der Waals surface area contributed by atoms with E-state index in [0.717, 1.165) is 48.2 Å². The number of amides is 7. The van der Waals surface area contributed by atoms with Crippen LogP contribution in [-0.2, 0) is 57.9 Å². The minimum Gasteiger partial charge on any atom is -0.484 e. The van der Waals surface area contributed by atoms with E-state index in [1.165, 1.54) is 46.4 Å². The maximum Gasteiger partial charge on any atom is 0.326 e. The van der Waals surface area contributed by atoms with Gasteiger partial charge in [-0.05, 0) is 124 Å². The topological polar surface area (TPSA) is 373 Å². The number of nitrogens with two attached hydrogens (primary N) is 1. The molecule has 3 atom stereocenters. The molecule has 2 aromatic carbocycles. The summed E-state index contributed by atoms with van der Waals surface area (Å²) in [5.41, 5.74) is 10.8. The molecule has 7 amide bonds. The zero-order valence-electron chi connectivity index (χ0n) is 50.9. The number of carbonyl (C=O) groups is 8. The molecule has 1 aliphatic heterocycles. The second-order valence-electron chi connectivity index (χ2n) is 24.1. The number of aliphatic carboxylic acids is 1. The second kappa shape index (κ2) is 29.6. The van der Waals surface area contributed by atoms with Gasteiger partial charge in [0.25, 0.3) is 17.7 Å². The first kappa shape index (κ1) is 64.9. The van der Waals surface area contributed by atoms with E-state index in [0.29, 0.717) is 54.0 Å². The van der Waals surface area contributed by atoms with Gasteiger partial charge >= 0.3 is 5.97 Å². The van der Waals surface area contributed by atoms with E-state index in [1.54, 1.807) is 28.9 Å². The number of rotatable bonds is 33. The number of carboxylic acids is 1. The monoisotopic (exact) mass is 1240 g/mol. The highest BCUT2D eigenvalue weighted by atomic mass is 16.5. The zero-order valence-corrected chi connectivity index (χ0v) is 50.9. The predicted octanol–water partition coefficient (Wildman–Crippen LogP) is 3.85. The molecule has 0 spiro atoms. The number of ether oxygens (including phenoxy) is 4. The molecule has 0 bridgehead atoms. The predicted molar refractivity (Wildman–Crippen MR) is 323 cm³/mol. The van der Waals surface area contributed by atoms with Crippen LogP contribution < -0.4 is 41.8 Å². The van der Waals surface area contributed by atoms with E-state index in [4.69, 9.17) is 24.7 Å². The van der Waals surface area contributed by atoms with Gasteiger partial charge in [-0.1, -0.05) is 44.2 Å². The molecule has 90 heavy (non-hydrogen) atoms. The summed E-state index contributed by atoms with van der Waals surface area (Å²) < 4.78 is 25.7. The first-order valence-corrected chi connectivity index (χ1v) is 30.0. The number of primary amides is 1. The summed E-state index contributed by atoms with van der Waals surface area (Å²) in [5.74, 6) is -3.05. The number of aryl methyl sites for hydroxylation is 3. The summed E-state index contributed by atoms with van der Waals surface area (Å²) in [5, 5.41) is 43.4. The number of carbonyl (C=O) groups excluding carboxylic acids is 7.